The topological polar surface area (TPSA) is 63.7 Å². The second-order valence-electron chi connectivity index (χ2n) is 4.75. The number of benzene rings is 2. The number of ether oxygens (including phenoxy) is 1. The monoisotopic (exact) mass is 295 g/mol. The molecule has 5 nitrogen and oxygen atoms in total. The number of Topliss-reactive ketones (excluding diaryl/α,β-unsaturated/α-hetero) is 1. The number of anilines is 1. The van der Waals surface area contributed by atoms with E-state index < -0.39 is 17.6 Å². The molecule has 1 aliphatic heterocycles. The second kappa shape index (κ2) is 5.44. The van der Waals surface area contributed by atoms with E-state index in [1.165, 1.54) is 0 Å². The molecule has 0 fully saturated rings. The predicted molar refractivity (Wildman–Crippen MR) is 80.2 cm³/mol. The summed E-state index contributed by atoms with van der Waals surface area (Å²) in [5, 5.41) is 0. The van der Waals surface area contributed by atoms with E-state index >= 15 is 0 Å². The zero-order chi connectivity index (χ0) is 15.7. The molecule has 5 heteroatoms. The summed E-state index contributed by atoms with van der Waals surface area (Å²) in [5.41, 5.74) is 0.907. The number of imide groups is 1. The van der Waals surface area contributed by atoms with Gasteiger partial charge in [-0.15, -0.1) is 0 Å². The van der Waals surface area contributed by atoms with Gasteiger partial charge in [-0.05, 0) is 43.3 Å². The minimum absolute atomic E-state index is 0.256. The first-order chi connectivity index (χ1) is 10.6. The van der Waals surface area contributed by atoms with Gasteiger partial charge < -0.3 is 4.74 Å². The number of para-hydroxylation sites is 1. The van der Waals surface area contributed by atoms with Crippen LogP contribution >= 0.6 is 0 Å². The van der Waals surface area contributed by atoms with Gasteiger partial charge in [-0.25, -0.2) is 4.90 Å². The van der Waals surface area contributed by atoms with Gasteiger partial charge in [0.2, 0.25) is 0 Å². The van der Waals surface area contributed by atoms with Crippen LogP contribution in [0.3, 0.4) is 0 Å². The average Bonchev–Trinajstić information content (AvgIpc) is 2.80. The molecular weight excluding hydrogens is 282 g/mol. The molecule has 3 rings (SSSR count). The molecule has 0 radical (unpaired) electrons. The highest BCUT2D eigenvalue weighted by atomic mass is 16.5. The van der Waals surface area contributed by atoms with E-state index in [0.717, 1.165) is 4.90 Å². The highest BCUT2D eigenvalue weighted by molar-refractivity contribution is 6.57. The smallest absolute Gasteiger partial charge is 0.306 e. The molecule has 0 bridgehead atoms. The Labute approximate surface area is 127 Å². The molecule has 1 heterocycles. The maximum Gasteiger partial charge on any atom is 0.306 e. The number of nitrogens with zero attached hydrogens (tertiary/aromatic N) is 1. The summed E-state index contributed by atoms with van der Waals surface area (Å²) in [4.78, 5) is 37.5. The molecule has 2 aromatic rings. The first-order valence-electron chi connectivity index (χ1n) is 6.88. The molecule has 0 unspecified atom stereocenters. The number of carbonyl (C=O) groups excluding carboxylic acids is 3. The van der Waals surface area contributed by atoms with E-state index in [0.29, 0.717) is 23.6 Å². The fourth-order valence-electron chi connectivity index (χ4n) is 2.38. The van der Waals surface area contributed by atoms with Gasteiger partial charge >= 0.3 is 5.91 Å². The lowest BCUT2D eigenvalue weighted by Crippen LogP contribution is -2.35. The van der Waals surface area contributed by atoms with Crippen LogP contribution in [-0.2, 0) is 4.79 Å². The summed E-state index contributed by atoms with van der Waals surface area (Å²) in [5.74, 6) is -1.36. The number of hydrogen-bond acceptors (Lipinski definition) is 4. The van der Waals surface area contributed by atoms with Crippen molar-refractivity contribution >= 4 is 23.3 Å². The Balaban J connectivity index is 1.95. The van der Waals surface area contributed by atoms with E-state index in [1.807, 2.05) is 6.92 Å². The summed E-state index contributed by atoms with van der Waals surface area (Å²) in [6.45, 7) is 2.39. The van der Waals surface area contributed by atoms with Crippen molar-refractivity contribution < 1.29 is 19.1 Å². The number of hydrogen-bond donors (Lipinski definition) is 0. The Morgan fingerprint density at radius 3 is 2.41 bits per heavy atom. The van der Waals surface area contributed by atoms with Crippen LogP contribution in [0.1, 0.15) is 27.6 Å². The van der Waals surface area contributed by atoms with Crippen LogP contribution in [0.15, 0.2) is 48.5 Å². The van der Waals surface area contributed by atoms with E-state index in [9.17, 15) is 14.4 Å². The number of carbonyl (C=O) groups is 3. The molecular formula is C17H13NO4. The van der Waals surface area contributed by atoms with Gasteiger partial charge in [0, 0.05) is 5.56 Å². The second-order valence-corrected chi connectivity index (χ2v) is 4.75. The Morgan fingerprint density at radius 1 is 1.05 bits per heavy atom. The molecule has 2 amide bonds. The first-order valence-corrected chi connectivity index (χ1v) is 6.88. The molecule has 0 atom stereocenters. The summed E-state index contributed by atoms with van der Waals surface area (Å²) < 4.78 is 5.31. The van der Waals surface area contributed by atoms with Crippen molar-refractivity contribution in [2.75, 3.05) is 11.5 Å². The van der Waals surface area contributed by atoms with Gasteiger partial charge in [-0.3, -0.25) is 14.4 Å². The largest absolute Gasteiger partial charge is 0.494 e. The van der Waals surface area contributed by atoms with Crippen molar-refractivity contribution in [3.05, 3.63) is 59.7 Å². The van der Waals surface area contributed by atoms with Gasteiger partial charge in [0.1, 0.15) is 5.75 Å². The number of amides is 2. The lowest BCUT2D eigenvalue weighted by atomic mass is 10.1. The van der Waals surface area contributed by atoms with Gasteiger partial charge in [0.25, 0.3) is 11.7 Å². The number of fused-ring (bicyclic) bond motifs is 1. The third-order valence-electron chi connectivity index (χ3n) is 3.40. The van der Waals surface area contributed by atoms with Gasteiger partial charge in [-0.2, -0.15) is 0 Å². The van der Waals surface area contributed by atoms with Crippen LogP contribution < -0.4 is 9.64 Å². The molecule has 110 valence electrons. The summed E-state index contributed by atoms with van der Waals surface area (Å²) in [6.07, 6.45) is 0. The maximum absolute atomic E-state index is 12.5. The van der Waals surface area contributed by atoms with Crippen molar-refractivity contribution in [3.8, 4) is 5.75 Å². The van der Waals surface area contributed by atoms with Crippen LogP contribution in [0, 0.1) is 0 Å². The molecule has 0 aliphatic carbocycles. The van der Waals surface area contributed by atoms with Crippen LogP contribution in [0.25, 0.3) is 0 Å². The molecule has 0 saturated carbocycles. The predicted octanol–water partition coefficient (Wildman–Crippen LogP) is 2.46. The van der Waals surface area contributed by atoms with Gasteiger partial charge in [0.15, 0.2) is 0 Å². The Kier molecular flexibility index (Phi) is 3.47. The zero-order valence-corrected chi connectivity index (χ0v) is 11.9. The average molecular weight is 295 g/mol. The minimum Gasteiger partial charge on any atom is -0.494 e. The van der Waals surface area contributed by atoms with Gasteiger partial charge in [-0.1, -0.05) is 12.1 Å². The van der Waals surface area contributed by atoms with E-state index in [4.69, 9.17) is 4.74 Å². The normalized spacial score (nSPS) is 13.2. The lowest BCUT2D eigenvalue weighted by Gasteiger charge is -2.14. The summed E-state index contributed by atoms with van der Waals surface area (Å²) >= 11 is 0. The third-order valence-corrected chi connectivity index (χ3v) is 3.40. The summed E-state index contributed by atoms with van der Waals surface area (Å²) in [6, 6.07) is 12.9. The van der Waals surface area contributed by atoms with Gasteiger partial charge in [0.05, 0.1) is 17.9 Å². The maximum atomic E-state index is 12.5. The fourth-order valence-corrected chi connectivity index (χ4v) is 2.38. The number of ketones is 1. The van der Waals surface area contributed by atoms with Crippen molar-refractivity contribution in [3.63, 3.8) is 0 Å². The SMILES string of the molecule is CCOc1ccc(C(=O)N2C(=O)C(=O)c3ccccc32)cc1. The third kappa shape index (κ3) is 2.16. The lowest BCUT2D eigenvalue weighted by molar-refractivity contribution is -0.113. The molecule has 0 spiro atoms. The summed E-state index contributed by atoms with van der Waals surface area (Å²) in [7, 11) is 0. The first kappa shape index (κ1) is 14.0. The fraction of sp³-hybridized carbons (Fsp3) is 0.118. The van der Waals surface area contributed by atoms with Crippen molar-refractivity contribution in [1.82, 2.24) is 0 Å². The Morgan fingerprint density at radius 2 is 1.73 bits per heavy atom. The number of rotatable bonds is 3. The van der Waals surface area contributed by atoms with Crippen LogP contribution in [0.2, 0.25) is 0 Å². The van der Waals surface area contributed by atoms with Crippen molar-refractivity contribution in [2.24, 2.45) is 0 Å². The van der Waals surface area contributed by atoms with Crippen LogP contribution in [0.4, 0.5) is 5.69 Å². The molecule has 0 saturated heterocycles. The van der Waals surface area contributed by atoms with E-state index in [2.05, 4.69) is 0 Å². The zero-order valence-electron chi connectivity index (χ0n) is 11.9. The van der Waals surface area contributed by atoms with E-state index in [-0.39, 0.29) is 5.56 Å². The van der Waals surface area contributed by atoms with Crippen LogP contribution in [-0.4, -0.2) is 24.2 Å². The quantitative estimate of drug-likeness (QED) is 0.644. The van der Waals surface area contributed by atoms with Crippen LogP contribution in [0.5, 0.6) is 5.75 Å². The molecule has 1 aliphatic rings. The molecule has 0 N–H and O–H groups in total. The Hall–Kier alpha value is -2.95. The van der Waals surface area contributed by atoms with E-state index in [1.54, 1.807) is 48.5 Å². The van der Waals surface area contributed by atoms with Crippen molar-refractivity contribution in [2.45, 2.75) is 6.92 Å². The van der Waals surface area contributed by atoms with Crippen molar-refractivity contribution in [1.29, 1.82) is 0 Å². The molecule has 0 aromatic heterocycles. The Bertz CT molecular complexity index is 764. The highest BCUT2D eigenvalue weighted by Gasteiger charge is 2.39. The molecule has 2 aromatic carbocycles. The molecule has 22 heavy (non-hydrogen) atoms. The standard InChI is InChI=1S/C17H13NO4/c1-2-22-12-9-7-11(8-10-12)16(20)18-14-6-4-3-5-13(14)15(19)17(18)21/h3-10H,2H2,1H3. The highest BCUT2D eigenvalue weighted by Crippen LogP contribution is 2.30. The minimum atomic E-state index is -0.819.